The molecule has 0 amide bonds. The van der Waals surface area contributed by atoms with Gasteiger partial charge in [0.2, 0.25) is 0 Å². The lowest BCUT2D eigenvalue weighted by Gasteiger charge is -2.47. The highest BCUT2D eigenvalue weighted by atomic mass is 16.5. The van der Waals surface area contributed by atoms with Gasteiger partial charge in [0.05, 0.1) is 11.7 Å². The van der Waals surface area contributed by atoms with Gasteiger partial charge in [0, 0.05) is 0 Å². The van der Waals surface area contributed by atoms with Crippen LogP contribution in [0.4, 0.5) is 0 Å². The molecular formula is C51H92O. The van der Waals surface area contributed by atoms with Crippen LogP contribution in [0.5, 0.6) is 0 Å². The maximum atomic E-state index is 6.99. The van der Waals surface area contributed by atoms with Crippen molar-refractivity contribution in [3.8, 4) is 0 Å². The van der Waals surface area contributed by atoms with E-state index >= 15 is 0 Å². The molecule has 2 saturated carbocycles. The van der Waals surface area contributed by atoms with Crippen LogP contribution in [0.1, 0.15) is 247 Å². The molecule has 0 N–H and O–H groups in total. The molecule has 0 aliphatic heterocycles. The third kappa shape index (κ3) is 23.6. The highest BCUT2D eigenvalue weighted by molar-refractivity contribution is 4.95. The summed E-state index contributed by atoms with van der Waals surface area (Å²) in [7, 11) is 0. The van der Waals surface area contributed by atoms with Crippen LogP contribution >= 0.6 is 0 Å². The van der Waals surface area contributed by atoms with Crippen molar-refractivity contribution < 1.29 is 4.74 Å². The van der Waals surface area contributed by atoms with E-state index in [9.17, 15) is 0 Å². The van der Waals surface area contributed by atoms with Gasteiger partial charge in [-0.05, 0) is 146 Å². The normalized spacial score (nSPS) is 25.8. The molecule has 0 saturated heterocycles. The summed E-state index contributed by atoms with van der Waals surface area (Å²) >= 11 is 0. The first-order valence-corrected chi connectivity index (χ1v) is 23.7. The fourth-order valence-electron chi connectivity index (χ4n) is 9.04. The Hall–Kier alpha value is -1.08. The van der Waals surface area contributed by atoms with Gasteiger partial charge >= 0.3 is 0 Å². The minimum atomic E-state index is 0.118. The quantitative estimate of drug-likeness (QED) is 0.0497. The molecule has 1 nitrogen and oxygen atoms in total. The second-order valence-electron chi connectivity index (χ2n) is 18.1. The van der Waals surface area contributed by atoms with Crippen LogP contribution in [0, 0.1) is 17.3 Å². The molecule has 0 aromatic rings. The minimum absolute atomic E-state index is 0.118. The molecule has 3 unspecified atom stereocenters. The highest BCUT2D eigenvalue weighted by Crippen LogP contribution is 2.50. The lowest BCUT2D eigenvalue weighted by atomic mass is 9.64. The van der Waals surface area contributed by atoms with Crippen LogP contribution in [0.25, 0.3) is 0 Å². The summed E-state index contributed by atoms with van der Waals surface area (Å²) in [5, 5.41) is 0. The number of hydrogen-bond acceptors (Lipinski definition) is 1. The van der Waals surface area contributed by atoms with Crippen LogP contribution in [-0.2, 0) is 4.74 Å². The number of unbranched alkanes of at least 4 members (excludes halogenated alkanes) is 18. The van der Waals surface area contributed by atoms with Crippen LogP contribution < -0.4 is 0 Å². The van der Waals surface area contributed by atoms with E-state index < -0.39 is 0 Å². The fourth-order valence-corrected chi connectivity index (χ4v) is 9.04. The van der Waals surface area contributed by atoms with E-state index in [1.807, 2.05) is 0 Å². The summed E-state index contributed by atoms with van der Waals surface area (Å²) in [6, 6.07) is 0. The Kier molecular flexibility index (Phi) is 28.2. The van der Waals surface area contributed by atoms with Gasteiger partial charge in [0.25, 0.3) is 0 Å². The van der Waals surface area contributed by atoms with E-state index in [1.54, 1.807) is 0 Å². The Morgan fingerprint density at radius 3 is 1.29 bits per heavy atom. The van der Waals surface area contributed by atoms with Gasteiger partial charge in [-0.25, -0.2) is 0 Å². The van der Waals surface area contributed by atoms with Crippen molar-refractivity contribution in [1.82, 2.24) is 0 Å². The van der Waals surface area contributed by atoms with Gasteiger partial charge in [-0.3, -0.25) is 0 Å². The molecule has 52 heavy (non-hydrogen) atoms. The zero-order valence-electron chi connectivity index (χ0n) is 36.1. The average molecular weight is 721 g/mol. The molecule has 1 heteroatoms. The predicted molar refractivity (Wildman–Crippen MR) is 234 cm³/mol. The molecular weight excluding hydrogens is 629 g/mol. The molecule has 0 aromatic heterocycles. The number of ether oxygens (including phenoxy) is 1. The van der Waals surface area contributed by atoms with Crippen LogP contribution in [0.3, 0.4) is 0 Å². The lowest BCUT2D eigenvalue weighted by Crippen LogP contribution is -2.43. The van der Waals surface area contributed by atoms with Crippen molar-refractivity contribution in [1.29, 1.82) is 0 Å². The summed E-state index contributed by atoms with van der Waals surface area (Å²) in [5.41, 5.74) is 0.703. The molecule has 0 bridgehead atoms. The first kappa shape index (κ1) is 47.1. The van der Waals surface area contributed by atoms with Crippen molar-refractivity contribution in [2.24, 2.45) is 17.3 Å². The van der Waals surface area contributed by atoms with E-state index in [4.69, 9.17) is 4.74 Å². The largest absolute Gasteiger partial charge is 0.372 e. The summed E-state index contributed by atoms with van der Waals surface area (Å²) in [6.45, 7) is 11.9. The van der Waals surface area contributed by atoms with Gasteiger partial charge in [-0.15, -0.1) is 0 Å². The monoisotopic (exact) mass is 721 g/mol. The van der Waals surface area contributed by atoms with Crippen molar-refractivity contribution in [3.05, 3.63) is 48.6 Å². The summed E-state index contributed by atoms with van der Waals surface area (Å²) in [4.78, 5) is 0. The molecule has 0 aromatic carbocycles. The summed E-state index contributed by atoms with van der Waals surface area (Å²) in [6.07, 6.45) is 64.2. The summed E-state index contributed by atoms with van der Waals surface area (Å²) in [5.74, 6) is 1.69. The molecule has 2 fully saturated rings. The zero-order chi connectivity index (χ0) is 37.4. The predicted octanol–water partition coefficient (Wildman–Crippen LogP) is 17.6. The average Bonchev–Trinajstić information content (AvgIpc) is 3.14. The van der Waals surface area contributed by atoms with Gasteiger partial charge < -0.3 is 4.74 Å². The Morgan fingerprint density at radius 2 is 0.865 bits per heavy atom. The van der Waals surface area contributed by atoms with Gasteiger partial charge in [0.15, 0.2) is 0 Å². The first-order chi connectivity index (χ1) is 25.4. The van der Waals surface area contributed by atoms with Crippen molar-refractivity contribution in [2.75, 3.05) is 0 Å². The van der Waals surface area contributed by atoms with E-state index in [-0.39, 0.29) is 5.60 Å². The van der Waals surface area contributed by atoms with Gasteiger partial charge in [-0.1, -0.05) is 166 Å². The van der Waals surface area contributed by atoms with Crippen LogP contribution in [0.15, 0.2) is 48.6 Å². The Labute approximate surface area is 327 Å². The molecule has 2 aliphatic carbocycles. The second kappa shape index (κ2) is 31.2. The Bertz CT molecular complexity index is 863. The highest BCUT2D eigenvalue weighted by Gasteiger charge is 2.42. The van der Waals surface area contributed by atoms with Gasteiger partial charge in [0.1, 0.15) is 0 Å². The molecule has 3 atom stereocenters. The Morgan fingerprint density at radius 1 is 0.462 bits per heavy atom. The molecule has 302 valence electrons. The molecule has 0 spiro atoms. The maximum Gasteiger partial charge on any atom is 0.0658 e. The van der Waals surface area contributed by atoms with E-state index in [1.165, 1.54) is 199 Å². The molecule has 2 rings (SSSR count). The molecule has 0 heterocycles. The van der Waals surface area contributed by atoms with Crippen molar-refractivity contribution >= 4 is 0 Å². The van der Waals surface area contributed by atoms with E-state index in [0.717, 1.165) is 24.7 Å². The van der Waals surface area contributed by atoms with Crippen molar-refractivity contribution in [2.45, 2.75) is 258 Å². The van der Waals surface area contributed by atoms with Gasteiger partial charge in [-0.2, -0.15) is 0 Å². The molecule has 0 radical (unpaired) electrons. The number of allylic oxidation sites excluding steroid dienone is 8. The third-order valence-corrected chi connectivity index (χ3v) is 13.2. The first-order valence-electron chi connectivity index (χ1n) is 23.7. The molecule has 2 aliphatic rings. The fraction of sp³-hybridized carbons (Fsp3) is 0.843. The van der Waals surface area contributed by atoms with Crippen LogP contribution in [-0.4, -0.2) is 11.7 Å². The number of hydrogen-bond donors (Lipinski definition) is 0. The Balaban J connectivity index is 1.65. The van der Waals surface area contributed by atoms with Crippen molar-refractivity contribution in [3.63, 3.8) is 0 Å². The van der Waals surface area contributed by atoms with Crippen LogP contribution in [0.2, 0.25) is 0 Å². The maximum absolute atomic E-state index is 6.99. The minimum Gasteiger partial charge on any atom is -0.372 e. The smallest absolute Gasteiger partial charge is 0.0658 e. The standard InChI is InChI=1S/C51H92O/c1-6-8-10-12-14-16-18-20-22-24-26-28-30-32-34-36-40-51(44-42-50(5,43-45-51)52-49-39-38-47(3)48(4)46-49)41-37-35-33-31-29-27-25-23-21-19-17-15-13-11-9-7-2/h14-17,20-23,47-49H,6-13,18-19,24-46H2,1-5H3. The number of rotatable bonds is 32. The van der Waals surface area contributed by atoms with E-state index in [2.05, 4.69) is 83.2 Å². The lowest BCUT2D eigenvalue weighted by molar-refractivity contribution is -0.137. The van der Waals surface area contributed by atoms with E-state index in [0.29, 0.717) is 11.5 Å². The SMILES string of the molecule is CCCCCC=CCC=CCCCCCCCCC1(CCCCCCCCC=CCC=CCCCCC)CCC(C)(OC2CCC(C)C(C)C2)CC1. The second-order valence-corrected chi connectivity index (χ2v) is 18.1. The third-order valence-electron chi connectivity index (χ3n) is 13.2. The summed E-state index contributed by atoms with van der Waals surface area (Å²) < 4.78 is 6.99. The topological polar surface area (TPSA) is 9.23 Å². The zero-order valence-corrected chi connectivity index (χ0v) is 36.1.